The maximum absolute atomic E-state index is 10.3. The van der Waals surface area contributed by atoms with Gasteiger partial charge in [-0.1, -0.05) is 28.1 Å². The van der Waals surface area contributed by atoms with Crippen LogP contribution in [0.4, 0.5) is 5.82 Å². The van der Waals surface area contributed by atoms with Gasteiger partial charge in [-0.2, -0.15) is 0 Å². The fraction of sp³-hybridized carbons (Fsp3) is 0.400. The number of rotatable bonds is 5. The number of likely N-dealkylation sites (N-methyl/N-ethyl adjacent to an activating group) is 1. The van der Waals surface area contributed by atoms with Crippen LogP contribution in [0.1, 0.15) is 6.92 Å². The largest absolute Gasteiger partial charge is 0.387 e. The summed E-state index contributed by atoms with van der Waals surface area (Å²) in [5.41, 5.74) is -0.806. The number of aliphatic hydroxyl groups is 1. The maximum atomic E-state index is 10.3. The molecule has 2 aromatic rings. The molecule has 4 nitrogen and oxygen atoms in total. The van der Waals surface area contributed by atoms with Gasteiger partial charge >= 0.3 is 0 Å². The third kappa shape index (κ3) is 3.69. The zero-order valence-corrected chi connectivity index (χ0v) is 13.6. The van der Waals surface area contributed by atoms with Gasteiger partial charge in [0.15, 0.2) is 0 Å². The molecule has 0 bridgehead atoms. The number of nitrogens with zero attached hydrogens (tertiary/aromatic N) is 2. The molecule has 0 aliphatic rings. The highest BCUT2D eigenvalue weighted by Gasteiger charge is 2.21. The van der Waals surface area contributed by atoms with E-state index < -0.39 is 5.60 Å². The van der Waals surface area contributed by atoms with Gasteiger partial charge in [0.1, 0.15) is 5.82 Å². The van der Waals surface area contributed by atoms with Crippen LogP contribution in [-0.2, 0) is 0 Å². The van der Waals surface area contributed by atoms with Crippen LogP contribution in [0.3, 0.4) is 0 Å². The summed E-state index contributed by atoms with van der Waals surface area (Å²) in [6, 6.07) is 7.99. The van der Waals surface area contributed by atoms with E-state index in [1.165, 1.54) is 0 Å². The SMILES string of the molecule is CN(C)CC(C)(O)CNc1nccc2c(Br)cccc12. The number of nitrogens with one attached hydrogen (secondary N) is 1. The highest BCUT2D eigenvalue weighted by molar-refractivity contribution is 9.10. The molecule has 1 atom stereocenters. The zero-order chi connectivity index (χ0) is 14.8. The molecule has 0 radical (unpaired) electrons. The van der Waals surface area contributed by atoms with Crippen molar-refractivity contribution in [2.75, 3.05) is 32.5 Å². The lowest BCUT2D eigenvalue weighted by atomic mass is 10.1. The van der Waals surface area contributed by atoms with Gasteiger partial charge in [-0.3, -0.25) is 0 Å². The van der Waals surface area contributed by atoms with Gasteiger partial charge in [-0.05, 0) is 33.2 Å². The van der Waals surface area contributed by atoms with Crippen molar-refractivity contribution < 1.29 is 5.11 Å². The molecule has 2 N–H and O–H groups in total. The molecule has 0 aliphatic heterocycles. The minimum Gasteiger partial charge on any atom is -0.387 e. The summed E-state index contributed by atoms with van der Waals surface area (Å²) in [6.07, 6.45) is 1.77. The van der Waals surface area contributed by atoms with Gasteiger partial charge in [0.25, 0.3) is 0 Å². The number of pyridine rings is 1. The molecule has 2 rings (SSSR count). The van der Waals surface area contributed by atoms with Crippen molar-refractivity contribution in [3.63, 3.8) is 0 Å². The van der Waals surface area contributed by atoms with Crippen molar-refractivity contribution in [2.45, 2.75) is 12.5 Å². The lowest BCUT2D eigenvalue weighted by Gasteiger charge is -2.27. The molecule has 5 heteroatoms. The summed E-state index contributed by atoms with van der Waals surface area (Å²) in [4.78, 5) is 6.34. The lowest BCUT2D eigenvalue weighted by molar-refractivity contribution is 0.0459. The van der Waals surface area contributed by atoms with Gasteiger partial charge in [0.05, 0.1) is 5.60 Å². The number of benzene rings is 1. The smallest absolute Gasteiger partial charge is 0.133 e. The Hall–Kier alpha value is -1.17. The van der Waals surface area contributed by atoms with Crippen molar-refractivity contribution in [3.05, 3.63) is 34.9 Å². The maximum Gasteiger partial charge on any atom is 0.133 e. The molecule has 0 aliphatic carbocycles. The third-order valence-corrected chi connectivity index (χ3v) is 3.74. The summed E-state index contributed by atoms with van der Waals surface area (Å²) >= 11 is 3.54. The topological polar surface area (TPSA) is 48.4 Å². The Bertz CT molecular complexity index is 599. The molecule has 1 heterocycles. The number of hydrogen-bond donors (Lipinski definition) is 2. The summed E-state index contributed by atoms with van der Waals surface area (Å²) in [7, 11) is 3.89. The van der Waals surface area contributed by atoms with Crippen molar-refractivity contribution in [1.82, 2.24) is 9.88 Å². The van der Waals surface area contributed by atoms with Gasteiger partial charge in [0.2, 0.25) is 0 Å². The molecule has 108 valence electrons. The second kappa shape index (κ2) is 6.08. The van der Waals surface area contributed by atoms with Gasteiger partial charge in [0, 0.05) is 34.5 Å². The van der Waals surface area contributed by atoms with Crippen LogP contribution in [0.2, 0.25) is 0 Å². The third-order valence-electron chi connectivity index (χ3n) is 3.05. The summed E-state index contributed by atoms with van der Waals surface area (Å²) in [5, 5.41) is 15.7. The molecular formula is C15H20BrN3O. The predicted molar refractivity (Wildman–Crippen MR) is 87.1 cm³/mol. The number of fused-ring (bicyclic) bond motifs is 1. The molecule has 1 unspecified atom stereocenters. The van der Waals surface area contributed by atoms with Crippen LogP contribution in [0.25, 0.3) is 10.8 Å². The normalized spacial score (nSPS) is 14.5. The molecule has 0 amide bonds. The first-order valence-electron chi connectivity index (χ1n) is 6.53. The first kappa shape index (κ1) is 15.2. The second-order valence-corrected chi connectivity index (χ2v) is 6.44. The van der Waals surface area contributed by atoms with E-state index in [2.05, 4.69) is 26.2 Å². The fourth-order valence-electron chi connectivity index (χ4n) is 2.32. The van der Waals surface area contributed by atoms with Gasteiger partial charge < -0.3 is 15.3 Å². The highest BCUT2D eigenvalue weighted by atomic mass is 79.9. The van der Waals surface area contributed by atoms with E-state index in [4.69, 9.17) is 0 Å². The quantitative estimate of drug-likeness (QED) is 0.880. The van der Waals surface area contributed by atoms with E-state index in [0.717, 1.165) is 21.1 Å². The minimum absolute atomic E-state index is 0.448. The van der Waals surface area contributed by atoms with Crippen molar-refractivity contribution in [1.29, 1.82) is 0 Å². The van der Waals surface area contributed by atoms with Crippen molar-refractivity contribution >= 4 is 32.5 Å². The highest BCUT2D eigenvalue weighted by Crippen LogP contribution is 2.27. The van der Waals surface area contributed by atoms with Gasteiger partial charge in [-0.15, -0.1) is 0 Å². The molecule has 0 fully saturated rings. The standard InChI is InChI=1S/C15H20BrN3O/c1-15(20,10-19(2)3)9-18-14-12-5-4-6-13(16)11(12)7-8-17-14/h4-8,20H,9-10H2,1-3H3,(H,17,18). The van der Waals surface area contributed by atoms with Crippen LogP contribution in [0.15, 0.2) is 34.9 Å². The Labute approximate surface area is 127 Å². The summed E-state index contributed by atoms with van der Waals surface area (Å²) in [5.74, 6) is 0.794. The van der Waals surface area contributed by atoms with Crippen molar-refractivity contribution in [2.24, 2.45) is 0 Å². The number of hydrogen-bond acceptors (Lipinski definition) is 4. The van der Waals surface area contributed by atoms with Crippen LogP contribution < -0.4 is 5.32 Å². The molecule has 20 heavy (non-hydrogen) atoms. The molecule has 1 aromatic heterocycles. The van der Waals surface area contributed by atoms with E-state index in [1.54, 1.807) is 6.20 Å². The average Bonchev–Trinajstić information content (AvgIpc) is 2.35. The molecule has 0 spiro atoms. The Balaban J connectivity index is 2.20. The average molecular weight is 338 g/mol. The Morgan fingerprint density at radius 2 is 2.05 bits per heavy atom. The van der Waals surface area contributed by atoms with E-state index in [0.29, 0.717) is 13.1 Å². The Kier molecular flexibility index (Phi) is 4.62. The summed E-state index contributed by atoms with van der Waals surface area (Å²) < 4.78 is 1.04. The van der Waals surface area contributed by atoms with E-state index in [1.807, 2.05) is 50.2 Å². The monoisotopic (exact) mass is 337 g/mol. The van der Waals surface area contributed by atoms with E-state index in [9.17, 15) is 5.11 Å². The molecule has 0 saturated heterocycles. The predicted octanol–water partition coefficient (Wildman–Crippen LogP) is 2.72. The summed E-state index contributed by atoms with van der Waals surface area (Å²) in [6.45, 7) is 2.86. The number of halogens is 1. The number of aromatic nitrogens is 1. The van der Waals surface area contributed by atoms with Crippen LogP contribution >= 0.6 is 15.9 Å². The number of anilines is 1. The Morgan fingerprint density at radius 3 is 2.75 bits per heavy atom. The van der Waals surface area contributed by atoms with Crippen LogP contribution in [-0.4, -0.2) is 47.8 Å². The minimum atomic E-state index is -0.806. The fourth-order valence-corrected chi connectivity index (χ4v) is 2.82. The van der Waals surface area contributed by atoms with E-state index in [-0.39, 0.29) is 0 Å². The zero-order valence-electron chi connectivity index (χ0n) is 12.0. The Morgan fingerprint density at radius 1 is 1.30 bits per heavy atom. The first-order valence-corrected chi connectivity index (χ1v) is 7.32. The first-order chi connectivity index (χ1) is 9.39. The lowest BCUT2D eigenvalue weighted by Crippen LogP contribution is -2.43. The van der Waals surface area contributed by atoms with Crippen molar-refractivity contribution in [3.8, 4) is 0 Å². The van der Waals surface area contributed by atoms with E-state index >= 15 is 0 Å². The van der Waals surface area contributed by atoms with Crippen LogP contribution in [0.5, 0.6) is 0 Å². The second-order valence-electron chi connectivity index (χ2n) is 5.58. The van der Waals surface area contributed by atoms with Gasteiger partial charge in [-0.25, -0.2) is 4.98 Å². The molecular weight excluding hydrogens is 318 g/mol. The molecule has 0 saturated carbocycles. The van der Waals surface area contributed by atoms with Crippen LogP contribution in [0, 0.1) is 0 Å². The molecule has 1 aromatic carbocycles.